The van der Waals surface area contributed by atoms with Crippen molar-refractivity contribution in [1.29, 1.82) is 0 Å². The number of nitrogens with two attached hydrogens (primary N) is 2. The molecule has 6 nitrogen and oxygen atoms in total. The van der Waals surface area contributed by atoms with E-state index >= 15 is 0 Å². The molecule has 112 valence electrons. The summed E-state index contributed by atoms with van der Waals surface area (Å²) in [6, 6.07) is 2.04. The first-order chi connectivity index (χ1) is 9.24. The number of nitrogen functional groups attached to an aromatic ring is 1. The van der Waals surface area contributed by atoms with Gasteiger partial charge in [-0.15, -0.1) is 0 Å². The molecule has 1 aromatic rings. The topological polar surface area (TPSA) is 115 Å². The predicted molar refractivity (Wildman–Crippen MR) is 76.7 cm³/mol. The van der Waals surface area contributed by atoms with Gasteiger partial charge >= 0.3 is 0 Å². The lowest BCUT2D eigenvalue weighted by atomic mass is 10.2. The third kappa shape index (κ3) is 4.73. The number of primary amides is 1. The van der Waals surface area contributed by atoms with Crippen LogP contribution >= 0.6 is 15.9 Å². The van der Waals surface area contributed by atoms with E-state index in [0.717, 1.165) is 12.1 Å². The van der Waals surface area contributed by atoms with Crippen LogP contribution < -0.4 is 16.2 Å². The fourth-order valence-electron chi connectivity index (χ4n) is 1.49. The summed E-state index contributed by atoms with van der Waals surface area (Å²) in [6.45, 7) is 0.143. The molecule has 1 rings (SSSR count). The first-order valence-corrected chi connectivity index (χ1v) is 8.04. The number of benzene rings is 1. The van der Waals surface area contributed by atoms with Gasteiger partial charge in [-0.1, -0.05) is 0 Å². The quantitative estimate of drug-likeness (QED) is 0.494. The molecule has 9 heteroatoms. The molecule has 1 aromatic carbocycles. The van der Waals surface area contributed by atoms with Crippen molar-refractivity contribution in [3.63, 3.8) is 0 Å². The predicted octanol–water partition coefficient (Wildman–Crippen LogP) is 1.10. The molecule has 0 aliphatic heterocycles. The summed E-state index contributed by atoms with van der Waals surface area (Å²) in [5, 5.41) is 0. The van der Waals surface area contributed by atoms with Gasteiger partial charge in [-0.05, 0) is 40.9 Å². The van der Waals surface area contributed by atoms with Gasteiger partial charge in [0, 0.05) is 13.0 Å². The van der Waals surface area contributed by atoms with Crippen molar-refractivity contribution in [3.8, 4) is 0 Å². The third-order valence-electron chi connectivity index (χ3n) is 2.48. The third-order valence-corrected chi connectivity index (χ3v) is 4.61. The van der Waals surface area contributed by atoms with Crippen LogP contribution in [0.5, 0.6) is 0 Å². The van der Waals surface area contributed by atoms with Gasteiger partial charge in [0.05, 0.1) is 10.2 Å². The summed E-state index contributed by atoms with van der Waals surface area (Å²) < 4.78 is 39.5. The average molecular weight is 368 g/mol. The van der Waals surface area contributed by atoms with Crippen LogP contribution in [0.25, 0.3) is 0 Å². The highest BCUT2D eigenvalue weighted by molar-refractivity contribution is 9.10. The number of unbranched alkanes of at least 4 members (excludes halogenated alkanes) is 1. The summed E-state index contributed by atoms with van der Waals surface area (Å²) >= 11 is 2.91. The zero-order chi connectivity index (χ0) is 15.3. The van der Waals surface area contributed by atoms with Crippen LogP contribution in [0.4, 0.5) is 10.1 Å². The molecule has 20 heavy (non-hydrogen) atoms. The fourth-order valence-corrected chi connectivity index (χ4v) is 3.19. The Bertz CT molecular complexity index is 607. The van der Waals surface area contributed by atoms with Gasteiger partial charge in [0.2, 0.25) is 15.9 Å². The molecule has 0 spiro atoms. The molecule has 0 fully saturated rings. The molecule has 1 amide bonds. The number of halogens is 2. The number of sulfonamides is 1. The summed E-state index contributed by atoms with van der Waals surface area (Å²) in [5.74, 6) is -1.07. The highest BCUT2D eigenvalue weighted by Gasteiger charge is 2.19. The molecule has 0 aromatic heterocycles. The average Bonchev–Trinajstić information content (AvgIpc) is 2.32. The molecule has 0 atom stereocenters. The maximum atomic E-state index is 13.2. The monoisotopic (exact) mass is 367 g/mol. The largest absolute Gasteiger partial charge is 0.398 e. The molecular formula is C11H15BrFN3O3S. The number of carbonyl (C=O) groups is 1. The smallest absolute Gasteiger partial charge is 0.242 e. The minimum Gasteiger partial charge on any atom is -0.398 e. The van der Waals surface area contributed by atoms with Gasteiger partial charge < -0.3 is 11.5 Å². The van der Waals surface area contributed by atoms with E-state index in [0.29, 0.717) is 12.8 Å². The standard InChI is InChI=1S/C11H15BrFN3O3S/c12-7-5-10(9(14)6-8(7)13)20(18,19)16-4-2-1-3-11(15)17/h5-6,16H,1-4,14H2,(H2,15,17). The Kier molecular flexibility index (Phi) is 5.90. The molecule has 0 aliphatic carbocycles. The highest BCUT2D eigenvalue weighted by Crippen LogP contribution is 2.25. The number of rotatable bonds is 7. The van der Waals surface area contributed by atoms with Crippen molar-refractivity contribution in [3.05, 3.63) is 22.4 Å². The number of hydrogen-bond donors (Lipinski definition) is 3. The van der Waals surface area contributed by atoms with Crippen LogP contribution in [0.2, 0.25) is 0 Å². The zero-order valence-electron chi connectivity index (χ0n) is 10.5. The number of carbonyl (C=O) groups excluding carboxylic acids is 1. The Hall–Kier alpha value is -1.19. The first kappa shape index (κ1) is 16.9. The van der Waals surface area contributed by atoms with Gasteiger partial charge in [-0.25, -0.2) is 17.5 Å². The summed E-state index contributed by atoms with van der Waals surface area (Å²) in [7, 11) is -3.82. The SMILES string of the molecule is NC(=O)CCCCNS(=O)(=O)c1cc(Br)c(F)cc1N. The Labute approximate surface area is 124 Å². The van der Waals surface area contributed by atoms with Crippen LogP contribution in [0.15, 0.2) is 21.5 Å². The minimum absolute atomic E-state index is 0.0146. The minimum atomic E-state index is -3.82. The van der Waals surface area contributed by atoms with E-state index in [9.17, 15) is 17.6 Å². The van der Waals surface area contributed by atoms with Gasteiger partial charge in [0.15, 0.2) is 0 Å². The normalized spacial score (nSPS) is 11.5. The van der Waals surface area contributed by atoms with Crippen LogP contribution in [-0.2, 0) is 14.8 Å². The van der Waals surface area contributed by atoms with Gasteiger partial charge in [0.25, 0.3) is 0 Å². The lowest BCUT2D eigenvalue weighted by Gasteiger charge is -2.10. The number of hydrogen-bond acceptors (Lipinski definition) is 4. The second kappa shape index (κ2) is 7.00. The molecule has 5 N–H and O–H groups in total. The van der Waals surface area contributed by atoms with Crippen molar-refractivity contribution >= 4 is 37.5 Å². The van der Waals surface area contributed by atoms with E-state index in [-0.39, 0.29) is 28.0 Å². The molecule has 0 saturated heterocycles. The number of anilines is 1. The van der Waals surface area contributed by atoms with Crippen LogP contribution in [0, 0.1) is 5.82 Å². The molecule has 0 bridgehead atoms. The molecule has 0 radical (unpaired) electrons. The van der Waals surface area contributed by atoms with Crippen LogP contribution in [-0.4, -0.2) is 20.9 Å². The number of amides is 1. The molecule has 0 heterocycles. The van der Waals surface area contributed by atoms with Gasteiger partial charge in [-0.3, -0.25) is 4.79 Å². The van der Waals surface area contributed by atoms with E-state index in [1.54, 1.807) is 0 Å². The van der Waals surface area contributed by atoms with Crippen molar-refractivity contribution in [2.45, 2.75) is 24.2 Å². The van der Waals surface area contributed by atoms with E-state index in [2.05, 4.69) is 20.7 Å². The Morgan fingerprint density at radius 2 is 2.00 bits per heavy atom. The summed E-state index contributed by atoms with van der Waals surface area (Å²) in [6.07, 6.45) is 1.15. The second-order valence-corrected chi connectivity index (χ2v) is 6.72. The molecular weight excluding hydrogens is 353 g/mol. The maximum Gasteiger partial charge on any atom is 0.242 e. The Balaban J connectivity index is 2.70. The van der Waals surface area contributed by atoms with Gasteiger partial charge in [0.1, 0.15) is 10.7 Å². The Morgan fingerprint density at radius 3 is 2.60 bits per heavy atom. The summed E-state index contributed by atoms with van der Waals surface area (Å²) in [5.41, 5.74) is 10.3. The molecule has 0 saturated carbocycles. The fraction of sp³-hybridized carbons (Fsp3) is 0.364. The van der Waals surface area contributed by atoms with Crippen molar-refractivity contribution < 1.29 is 17.6 Å². The first-order valence-electron chi connectivity index (χ1n) is 5.76. The van der Waals surface area contributed by atoms with Crippen molar-refractivity contribution in [1.82, 2.24) is 4.72 Å². The lowest BCUT2D eigenvalue weighted by molar-refractivity contribution is -0.118. The van der Waals surface area contributed by atoms with E-state index in [1.807, 2.05) is 0 Å². The highest BCUT2D eigenvalue weighted by atomic mass is 79.9. The number of nitrogens with one attached hydrogen (secondary N) is 1. The van der Waals surface area contributed by atoms with Crippen LogP contribution in [0.3, 0.4) is 0 Å². The van der Waals surface area contributed by atoms with Gasteiger partial charge in [-0.2, -0.15) is 0 Å². The summed E-state index contributed by atoms with van der Waals surface area (Å²) in [4.78, 5) is 10.3. The second-order valence-electron chi connectivity index (χ2n) is 4.13. The van der Waals surface area contributed by atoms with E-state index in [1.165, 1.54) is 0 Å². The zero-order valence-corrected chi connectivity index (χ0v) is 12.9. The maximum absolute atomic E-state index is 13.2. The van der Waals surface area contributed by atoms with Crippen molar-refractivity contribution in [2.75, 3.05) is 12.3 Å². The van der Waals surface area contributed by atoms with E-state index < -0.39 is 21.7 Å². The van der Waals surface area contributed by atoms with E-state index in [4.69, 9.17) is 11.5 Å². The molecule has 0 aliphatic rings. The lowest BCUT2D eigenvalue weighted by Crippen LogP contribution is -2.26. The van der Waals surface area contributed by atoms with Crippen LogP contribution in [0.1, 0.15) is 19.3 Å². The van der Waals surface area contributed by atoms with Crippen molar-refractivity contribution in [2.24, 2.45) is 5.73 Å². The molecule has 0 unspecified atom stereocenters. The Morgan fingerprint density at radius 1 is 1.35 bits per heavy atom.